The summed E-state index contributed by atoms with van der Waals surface area (Å²) in [6.45, 7) is 0. The van der Waals surface area contributed by atoms with Crippen molar-refractivity contribution in [1.29, 1.82) is 0 Å². The van der Waals surface area contributed by atoms with Gasteiger partial charge in [0.15, 0.2) is 0 Å². The van der Waals surface area contributed by atoms with Crippen LogP contribution in [0, 0.1) is 5.82 Å². The molecule has 1 aromatic carbocycles. The summed E-state index contributed by atoms with van der Waals surface area (Å²) >= 11 is 8.44. The van der Waals surface area contributed by atoms with Crippen LogP contribution in [-0.2, 0) is 10.0 Å². The first kappa shape index (κ1) is 14.2. The Morgan fingerprint density at radius 3 is 2.47 bits per heavy atom. The maximum Gasteiger partial charge on any atom is 0.264 e. The molecule has 0 spiro atoms. The number of aromatic nitrogens is 2. The molecule has 0 fully saturated rings. The quantitative estimate of drug-likeness (QED) is 0.848. The molecule has 0 amide bonds. The van der Waals surface area contributed by atoms with Crippen LogP contribution in [0.3, 0.4) is 0 Å². The molecule has 1 N–H and O–H groups in total. The molecule has 0 aliphatic carbocycles. The van der Waals surface area contributed by atoms with Crippen molar-refractivity contribution in [3.63, 3.8) is 0 Å². The van der Waals surface area contributed by atoms with Crippen molar-refractivity contribution in [1.82, 2.24) is 9.97 Å². The zero-order valence-corrected chi connectivity index (χ0v) is 12.3. The summed E-state index contributed by atoms with van der Waals surface area (Å²) in [5.74, 6) is -0.488. The van der Waals surface area contributed by atoms with Gasteiger partial charge in [-0.3, -0.25) is 4.72 Å². The fraction of sp³-hybridized carbons (Fsp3) is 0. The molecule has 2 rings (SSSR count). The molecule has 0 radical (unpaired) electrons. The highest BCUT2D eigenvalue weighted by Crippen LogP contribution is 2.22. The smallest absolute Gasteiger partial charge is 0.264 e. The van der Waals surface area contributed by atoms with Crippen molar-refractivity contribution >= 4 is 43.2 Å². The standard InChI is InChI=1S/C10H6BrClFN3O2S/c11-8-3-6(1-2-9(8)13)16-19(17,18)7-4-14-10(12)15-5-7/h1-5,16H. The lowest BCUT2D eigenvalue weighted by atomic mass is 10.3. The molecule has 0 unspecified atom stereocenters. The van der Waals surface area contributed by atoms with Crippen molar-refractivity contribution in [3.8, 4) is 0 Å². The second kappa shape index (κ2) is 5.40. The molecule has 0 atom stereocenters. The zero-order valence-electron chi connectivity index (χ0n) is 9.14. The van der Waals surface area contributed by atoms with Gasteiger partial charge in [-0.2, -0.15) is 0 Å². The topological polar surface area (TPSA) is 72.0 Å². The van der Waals surface area contributed by atoms with Crippen LogP contribution in [0.5, 0.6) is 0 Å². The summed E-state index contributed by atoms with van der Waals surface area (Å²) in [7, 11) is -3.84. The average Bonchev–Trinajstić information content (AvgIpc) is 2.34. The van der Waals surface area contributed by atoms with Crippen molar-refractivity contribution in [3.05, 3.63) is 46.2 Å². The molecule has 0 aliphatic rings. The van der Waals surface area contributed by atoms with E-state index >= 15 is 0 Å². The van der Waals surface area contributed by atoms with Crippen molar-refractivity contribution in [2.45, 2.75) is 4.90 Å². The largest absolute Gasteiger partial charge is 0.279 e. The van der Waals surface area contributed by atoms with Gasteiger partial charge in [-0.05, 0) is 45.7 Å². The predicted molar refractivity (Wildman–Crippen MR) is 72.0 cm³/mol. The molecule has 9 heteroatoms. The highest BCUT2D eigenvalue weighted by atomic mass is 79.9. The lowest BCUT2D eigenvalue weighted by molar-refractivity contribution is 0.600. The third-order valence-corrected chi connectivity index (χ3v) is 4.22. The molecular formula is C10H6BrClFN3O2S. The second-order valence-electron chi connectivity index (χ2n) is 3.42. The number of benzene rings is 1. The Morgan fingerprint density at radius 1 is 1.26 bits per heavy atom. The molecule has 0 aliphatic heterocycles. The maximum absolute atomic E-state index is 13.0. The van der Waals surface area contributed by atoms with Crippen LogP contribution in [-0.4, -0.2) is 18.4 Å². The molecular weight excluding hydrogens is 361 g/mol. The maximum atomic E-state index is 13.0. The van der Waals surface area contributed by atoms with Gasteiger partial charge in [-0.15, -0.1) is 0 Å². The van der Waals surface area contributed by atoms with E-state index in [1.54, 1.807) is 0 Å². The van der Waals surface area contributed by atoms with Crippen LogP contribution < -0.4 is 4.72 Å². The molecule has 0 saturated carbocycles. The normalized spacial score (nSPS) is 11.3. The van der Waals surface area contributed by atoms with Gasteiger partial charge in [0.25, 0.3) is 10.0 Å². The van der Waals surface area contributed by atoms with Crippen LogP contribution in [0.2, 0.25) is 5.28 Å². The van der Waals surface area contributed by atoms with E-state index in [4.69, 9.17) is 11.6 Å². The first-order valence-electron chi connectivity index (χ1n) is 4.84. The summed E-state index contributed by atoms with van der Waals surface area (Å²) < 4.78 is 39.4. The highest BCUT2D eigenvalue weighted by Gasteiger charge is 2.15. The van der Waals surface area contributed by atoms with Gasteiger partial charge in [0.05, 0.1) is 22.6 Å². The Labute approximate surface area is 122 Å². The minimum atomic E-state index is -3.84. The summed E-state index contributed by atoms with van der Waals surface area (Å²) in [6.07, 6.45) is 2.16. The lowest BCUT2D eigenvalue weighted by Gasteiger charge is -2.08. The number of nitrogens with zero attached hydrogens (tertiary/aromatic N) is 2. The van der Waals surface area contributed by atoms with Crippen molar-refractivity contribution in [2.24, 2.45) is 0 Å². The van der Waals surface area contributed by atoms with E-state index in [1.165, 1.54) is 12.1 Å². The SMILES string of the molecule is O=S(=O)(Nc1ccc(F)c(Br)c1)c1cnc(Cl)nc1. The van der Waals surface area contributed by atoms with Gasteiger partial charge in [-0.25, -0.2) is 22.8 Å². The molecule has 100 valence electrons. The number of hydrogen-bond acceptors (Lipinski definition) is 4. The minimum absolute atomic E-state index is 0.0523. The fourth-order valence-corrected chi connectivity index (χ4v) is 2.63. The number of rotatable bonds is 3. The lowest BCUT2D eigenvalue weighted by Crippen LogP contribution is -2.13. The van der Waals surface area contributed by atoms with Gasteiger partial charge >= 0.3 is 0 Å². The van der Waals surface area contributed by atoms with E-state index < -0.39 is 15.8 Å². The van der Waals surface area contributed by atoms with E-state index in [1.807, 2.05) is 0 Å². The zero-order chi connectivity index (χ0) is 14.0. The third kappa shape index (κ3) is 3.40. The Balaban J connectivity index is 2.30. The molecule has 5 nitrogen and oxygen atoms in total. The van der Waals surface area contributed by atoms with E-state index in [0.29, 0.717) is 0 Å². The Morgan fingerprint density at radius 2 is 1.89 bits per heavy atom. The van der Waals surface area contributed by atoms with Gasteiger partial charge in [0.2, 0.25) is 5.28 Å². The number of sulfonamides is 1. The monoisotopic (exact) mass is 365 g/mol. The minimum Gasteiger partial charge on any atom is -0.279 e. The van der Waals surface area contributed by atoms with Crippen molar-refractivity contribution < 1.29 is 12.8 Å². The molecule has 1 heterocycles. The first-order valence-corrected chi connectivity index (χ1v) is 7.49. The van der Waals surface area contributed by atoms with E-state index in [-0.39, 0.29) is 20.3 Å². The molecule has 0 saturated heterocycles. The Hall–Kier alpha value is -1.25. The third-order valence-electron chi connectivity index (χ3n) is 2.08. The molecule has 0 bridgehead atoms. The number of hydrogen-bond donors (Lipinski definition) is 1. The summed E-state index contributed by atoms with van der Waals surface area (Å²) in [6, 6.07) is 3.75. The van der Waals surface area contributed by atoms with Crippen LogP contribution in [0.15, 0.2) is 40.0 Å². The number of anilines is 1. The van der Waals surface area contributed by atoms with Gasteiger partial charge in [-0.1, -0.05) is 0 Å². The van der Waals surface area contributed by atoms with E-state index in [0.717, 1.165) is 18.5 Å². The second-order valence-corrected chi connectivity index (χ2v) is 6.30. The van der Waals surface area contributed by atoms with Crippen LogP contribution in [0.4, 0.5) is 10.1 Å². The Kier molecular flexibility index (Phi) is 4.02. The summed E-state index contributed by atoms with van der Waals surface area (Å²) in [5, 5.41) is -0.0523. The van der Waals surface area contributed by atoms with Gasteiger partial charge < -0.3 is 0 Å². The van der Waals surface area contributed by atoms with Gasteiger partial charge in [0.1, 0.15) is 10.7 Å². The fourth-order valence-electron chi connectivity index (χ4n) is 1.21. The molecule has 1 aromatic heterocycles. The highest BCUT2D eigenvalue weighted by molar-refractivity contribution is 9.10. The number of halogens is 3. The molecule has 19 heavy (non-hydrogen) atoms. The van der Waals surface area contributed by atoms with Crippen LogP contribution >= 0.6 is 27.5 Å². The summed E-state index contributed by atoms with van der Waals surface area (Å²) in [5.41, 5.74) is 0.211. The first-order chi connectivity index (χ1) is 8.88. The van der Waals surface area contributed by atoms with E-state index in [9.17, 15) is 12.8 Å². The molecule has 2 aromatic rings. The van der Waals surface area contributed by atoms with Crippen LogP contribution in [0.1, 0.15) is 0 Å². The predicted octanol–water partition coefficient (Wildman–Crippen LogP) is 2.83. The number of nitrogens with one attached hydrogen (secondary N) is 1. The average molecular weight is 367 g/mol. The van der Waals surface area contributed by atoms with Crippen molar-refractivity contribution in [2.75, 3.05) is 4.72 Å². The van der Waals surface area contributed by atoms with Gasteiger partial charge in [0, 0.05) is 0 Å². The Bertz CT molecular complexity index is 709. The van der Waals surface area contributed by atoms with E-state index in [2.05, 4.69) is 30.6 Å². The van der Waals surface area contributed by atoms with Crippen LogP contribution in [0.25, 0.3) is 0 Å². The summed E-state index contributed by atoms with van der Waals surface area (Å²) in [4.78, 5) is 7.03.